The molecule has 0 amide bonds. The quantitative estimate of drug-likeness (QED) is 0.363. The van der Waals surface area contributed by atoms with Crippen molar-refractivity contribution in [2.75, 3.05) is 27.2 Å². The minimum Gasteiger partial charge on any atom is -0.497 e. The zero-order chi connectivity index (χ0) is 18.2. The van der Waals surface area contributed by atoms with Crippen molar-refractivity contribution >= 4 is 41.5 Å². The summed E-state index contributed by atoms with van der Waals surface area (Å²) in [5.74, 6) is 1.77. The van der Waals surface area contributed by atoms with Crippen LogP contribution in [0.5, 0.6) is 5.75 Å². The molecule has 144 valence electrons. The summed E-state index contributed by atoms with van der Waals surface area (Å²) in [5.41, 5.74) is 2.39. The Labute approximate surface area is 178 Å². The smallest absolute Gasteiger partial charge is 0.194 e. The minimum atomic E-state index is 0. The molecule has 7 heteroatoms. The van der Waals surface area contributed by atoms with Gasteiger partial charge in [0.25, 0.3) is 0 Å². The molecule has 0 aliphatic heterocycles. The molecule has 0 saturated carbocycles. The Bertz CT molecular complexity index is 700. The fraction of sp³-hybridized carbons (Fsp3) is 0.421. The highest BCUT2D eigenvalue weighted by Gasteiger charge is 2.09. The van der Waals surface area contributed by atoms with Gasteiger partial charge in [0.15, 0.2) is 5.96 Å². The van der Waals surface area contributed by atoms with Crippen LogP contribution >= 0.6 is 35.6 Å². The number of hydrogen-bond donors (Lipinski definition) is 1. The Morgan fingerprint density at radius 3 is 2.54 bits per heavy atom. The van der Waals surface area contributed by atoms with Gasteiger partial charge in [-0.15, -0.1) is 24.0 Å². The Morgan fingerprint density at radius 2 is 2.00 bits per heavy atom. The fourth-order valence-corrected chi connectivity index (χ4v) is 2.87. The van der Waals surface area contributed by atoms with Crippen LogP contribution in [-0.4, -0.2) is 42.7 Å². The molecule has 1 N–H and O–H groups in total. The topological polar surface area (TPSA) is 41.8 Å². The van der Waals surface area contributed by atoms with E-state index in [2.05, 4.69) is 29.3 Å². The van der Waals surface area contributed by atoms with E-state index in [0.29, 0.717) is 0 Å². The lowest BCUT2D eigenvalue weighted by atomic mass is 10.1. The van der Waals surface area contributed by atoms with Gasteiger partial charge >= 0.3 is 0 Å². The second-order valence-electron chi connectivity index (χ2n) is 5.95. The van der Waals surface area contributed by atoms with Gasteiger partial charge in [0.1, 0.15) is 5.75 Å². The Balaban J connectivity index is 0.00000338. The average Bonchev–Trinajstić information content (AvgIpc) is 2.91. The number of guanidine groups is 1. The summed E-state index contributed by atoms with van der Waals surface area (Å²) < 4.78 is 7.23. The van der Waals surface area contributed by atoms with Crippen LogP contribution in [0.1, 0.15) is 18.2 Å². The van der Waals surface area contributed by atoms with Crippen molar-refractivity contribution in [3.63, 3.8) is 0 Å². The molecule has 0 aliphatic carbocycles. The molecule has 2 aromatic rings. The van der Waals surface area contributed by atoms with E-state index in [1.54, 1.807) is 7.11 Å². The van der Waals surface area contributed by atoms with Gasteiger partial charge in [-0.1, -0.05) is 23.7 Å². The molecule has 0 unspecified atom stereocenters. The van der Waals surface area contributed by atoms with Crippen LogP contribution in [0.4, 0.5) is 0 Å². The highest BCUT2D eigenvalue weighted by molar-refractivity contribution is 14.0. The summed E-state index contributed by atoms with van der Waals surface area (Å²) >= 11 is 6.07. The molecule has 1 heterocycles. The van der Waals surface area contributed by atoms with Gasteiger partial charge < -0.3 is 19.5 Å². The van der Waals surface area contributed by atoms with Crippen molar-refractivity contribution in [1.29, 1.82) is 0 Å². The zero-order valence-electron chi connectivity index (χ0n) is 15.8. The van der Waals surface area contributed by atoms with Gasteiger partial charge in [0, 0.05) is 39.1 Å². The summed E-state index contributed by atoms with van der Waals surface area (Å²) in [5, 5.41) is 4.10. The second kappa shape index (κ2) is 11.3. The maximum Gasteiger partial charge on any atom is 0.194 e. The van der Waals surface area contributed by atoms with Crippen molar-refractivity contribution in [3.05, 3.63) is 52.8 Å². The molecular weight excluding hydrogens is 463 g/mol. The van der Waals surface area contributed by atoms with Gasteiger partial charge in [-0.05, 0) is 37.1 Å². The van der Waals surface area contributed by atoms with E-state index in [1.807, 2.05) is 43.1 Å². The molecule has 0 radical (unpaired) electrons. The van der Waals surface area contributed by atoms with Gasteiger partial charge in [-0.25, -0.2) is 0 Å². The monoisotopic (exact) mass is 490 g/mol. The number of aromatic nitrogens is 1. The summed E-state index contributed by atoms with van der Waals surface area (Å²) in [6.45, 7) is 4.39. The highest BCUT2D eigenvalue weighted by Crippen LogP contribution is 2.14. The van der Waals surface area contributed by atoms with Crippen molar-refractivity contribution in [1.82, 2.24) is 14.8 Å². The van der Waals surface area contributed by atoms with Crippen molar-refractivity contribution < 1.29 is 4.74 Å². The molecule has 1 aromatic carbocycles. The van der Waals surface area contributed by atoms with E-state index >= 15 is 0 Å². The van der Waals surface area contributed by atoms with E-state index < -0.39 is 0 Å². The van der Waals surface area contributed by atoms with Crippen LogP contribution in [0, 0.1) is 0 Å². The van der Waals surface area contributed by atoms with Crippen LogP contribution in [-0.2, 0) is 20.0 Å². The predicted octanol–water partition coefficient (Wildman–Crippen LogP) is 3.95. The first-order chi connectivity index (χ1) is 12.0. The van der Waals surface area contributed by atoms with Crippen molar-refractivity contribution in [2.24, 2.45) is 12.0 Å². The minimum absolute atomic E-state index is 0. The normalized spacial score (nSPS) is 11.0. The molecule has 0 aliphatic rings. The number of aryl methyl sites for hydroxylation is 1. The lowest BCUT2D eigenvalue weighted by Crippen LogP contribution is -2.39. The first-order valence-corrected chi connectivity index (χ1v) is 8.84. The van der Waals surface area contributed by atoms with Gasteiger partial charge in [0.2, 0.25) is 0 Å². The number of aliphatic imine (C=N–C) groups is 1. The molecule has 0 saturated heterocycles. The molecule has 5 nitrogen and oxygen atoms in total. The van der Waals surface area contributed by atoms with Gasteiger partial charge in [0.05, 0.1) is 18.7 Å². The largest absolute Gasteiger partial charge is 0.497 e. The third-order valence-corrected chi connectivity index (χ3v) is 4.20. The number of nitrogens with one attached hydrogen (secondary N) is 1. The first-order valence-electron chi connectivity index (χ1n) is 8.46. The molecule has 0 bridgehead atoms. The van der Waals surface area contributed by atoms with E-state index in [-0.39, 0.29) is 24.0 Å². The predicted molar refractivity (Wildman–Crippen MR) is 120 cm³/mol. The SMILES string of the molecule is CCNC(=NCCc1ccc(OC)cc1)N(C)Cc1cc(Cl)cn1C.I. The average molecular weight is 491 g/mol. The molecule has 0 fully saturated rings. The van der Waals surface area contributed by atoms with Crippen LogP contribution in [0.2, 0.25) is 5.02 Å². The zero-order valence-corrected chi connectivity index (χ0v) is 18.9. The molecular formula is C19H28ClIN4O. The lowest BCUT2D eigenvalue weighted by molar-refractivity contribution is 0.414. The van der Waals surface area contributed by atoms with E-state index in [9.17, 15) is 0 Å². The van der Waals surface area contributed by atoms with Gasteiger partial charge in [-0.3, -0.25) is 4.99 Å². The standard InChI is InChI=1S/C19H27ClN4O.HI/c1-5-21-19(24(3)14-17-12-16(20)13-23(17)2)22-11-10-15-6-8-18(25-4)9-7-15;/h6-9,12-13H,5,10-11,14H2,1-4H3,(H,21,22);1H. The third kappa shape index (κ3) is 6.72. The Hall–Kier alpha value is -1.41. The Morgan fingerprint density at radius 1 is 1.31 bits per heavy atom. The van der Waals surface area contributed by atoms with Crippen LogP contribution < -0.4 is 10.1 Å². The maximum absolute atomic E-state index is 6.07. The molecule has 0 atom stereocenters. The summed E-state index contributed by atoms with van der Waals surface area (Å²) in [4.78, 5) is 6.86. The summed E-state index contributed by atoms with van der Waals surface area (Å²) in [6, 6.07) is 10.1. The third-order valence-electron chi connectivity index (χ3n) is 3.99. The number of ether oxygens (including phenoxy) is 1. The van der Waals surface area contributed by atoms with E-state index in [4.69, 9.17) is 21.3 Å². The number of hydrogen-bond acceptors (Lipinski definition) is 2. The number of rotatable bonds is 7. The van der Waals surface area contributed by atoms with E-state index in [0.717, 1.165) is 48.5 Å². The number of methoxy groups -OCH3 is 1. The number of benzene rings is 1. The lowest BCUT2D eigenvalue weighted by Gasteiger charge is -2.22. The second-order valence-corrected chi connectivity index (χ2v) is 6.39. The molecule has 1 aromatic heterocycles. The molecule has 0 spiro atoms. The number of nitrogens with zero attached hydrogens (tertiary/aromatic N) is 3. The number of halogens is 2. The maximum atomic E-state index is 6.07. The highest BCUT2D eigenvalue weighted by atomic mass is 127. The van der Waals surface area contributed by atoms with Crippen LogP contribution in [0.15, 0.2) is 41.5 Å². The molecule has 2 rings (SSSR count). The van der Waals surface area contributed by atoms with Crippen LogP contribution in [0.3, 0.4) is 0 Å². The Kier molecular flexibility index (Phi) is 9.87. The van der Waals surface area contributed by atoms with Crippen molar-refractivity contribution in [3.8, 4) is 5.75 Å². The van der Waals surface area contributed by atoms with Gasteiger partial charge in [-0.2, -0.15) is 0 Å². The van der Waals surface area contributed by atoms with Crippen molar-refractivity contribution in [2.45, 2.75) is 19.9 Å². The summed E-state index contributed by atoms with van der Waals surface area (Å²) in [7, 11) is 5.72. The first kappa shape index (κ1) is 22.6. The van der Waals surface area contributed by atoms with E-state index in [1.165, 1.54) is 5.56 Å². The summed E-state index contributed by atoms with van der Waals surface area (Å²) in [6.07, 6.45) is 2.81. The fourth-order valence-electron chi connectivity index (χ4n) is 2.59. The molecule has 26 heavy (non-hydrogen) atoms. The van der Waals surface area contributed by atoms with Crippen LogP contribution in [0.25, 0.3) is 0 Å².